The lowest BCUT2D eigenvalue weighted by atomic mass is 10.1. The molecule has 1 aliphatic rings. The molecule has 1 aromatic carbocycles. The Morgan fingerprint density at radius 1 is 1.30 bits per heavy atom. The molecule has 0 atom stereocenters. The van der Waals surface area contributed by atoms with Crippen molar-refractivity contribution in [3.05, 3.63) is 47.5 Å². The fourth-order valence-corrected chi connectivity index (χ4v) is 4.09. The Morgan fingerprint density at radius 3 is 2.93 bits per heavy atom. The number of carbonyl (C=O) groups is 2. The lowest BCUT2D eigenvalue weighted by Gasteiger charge is -2.29. The predicted octanol–water partition coefficient (Wildman–Crippen LogP) is 3.86. The number of aryl methyl sites for hydroxylation is 1. The number of hydrogen-bond acceptors (Lipinski definition) is 7. The van der Waals surface area contributed by atoms with Gasteiger partial charge in [-0.2, -0.15) is 0 Å². The molecule has 2 aromatic heterocycles. The van der Waals surface area contributed by atoms with E-state index in [1.807, 2.05) is 44.2 Å². The molecule has 7 nitrogen and oxygen atoms in total. The molecule has 0 unspecified atom stereocenters. The number of anilines is 1. The van der Waals surface area contributed by atoms with Gasteiger partial charge in [0.1, 0.15) is 17.3 Å². The van der Waals surface area contributed by atoms with Crippen molar-refractivity contribution in [3.63, 3.8) is 0 Å². The molecule has 30 heavy (non-hydrogen) atoms. The fraction of sp³-hybridized carbons (Fsp3) is 0.273. The number of aromatic nitrogens is 2. The van der Waals surface area contributed by atoms with Crippen LogP contribution in [0.3, 0.4) is 0 Å². The summed E-state index contributed by atoms with van der Waals surface area (Å²) in [6, 6.07) is 11.3. The van der Waals surface area contributed by atoms with Crippen LogP contribution in [0.5, 0.6) is 5.75 Å². The van der Waals surface area contributed by atoms with Gasteiger partial charge in [0.15, 0.2) is 6.61 Å². The fourth-order valence-electron chi connectivity index (χ4n) is 3.18. The maximum atomic E-state index is 12.4. The van der Waals surface area contributed by atoms with E-state index in [-0.39, 0.29) is 19.1 Å². The van der Waals surface area contributed by atoms with Crippen molar-refractivity contribution in [1.29, 1.82) is 0 Å². The van der Waals surface area contributed by atoms with Crippen LogP contribution < -0.4 is 9.64 Å². The molecule has 0 fully saturated rings. The van der Waals surface area contributed by atoms with E-state index < -0.39 is 5.97 Å². The average Bonchev–Trinajstić information content (AvgIpc) is 3.16. The summed E-state index contributed by atoms with van der Waals surface area (Å²) in [5.41, 5.74) is 3.02. The summed E-state index contributed by atoms with van der Waals surface area (Å²) in [5, 5.41) is 0.827. The Labute approximate surface area is 178 Å². The molecule has 0 N–H and O–H groups in total. The smallest absolute Gasteiger partial charge is 0.326 e. The van der Waals surface area contributed by atoms with Gasteiger partial charge in [-0.15, -0.1) is 11.3 Å². The molecule has 0 saturated carbocycles. The van der Waals surface area contributed by atoms with Gasteiger partial charge in [-0.3, -0.25) is 19.5 Å². The number of esters is 1. The first kappa shape index (κ1) is 20.0. The van der Waals surface area contributed by atoms with Crippen LogP contribution in [0.4, 0.5) is 5.69 Å². The monoisotopic (exact) mass is 423 g/mol. The number of fused-ring (bicyclic) bond motifs is 1. The maximum absolute atomic E-state index is 12.4. The molecule has 0 saturated heterocycles. The molecule has 1 amide bonds. The maximum Gasteiger partial charge on any atom is 0.326 e. The quantitative estimate of drug-likeness (QED) is 0.560. The standard InChI is InChI=1S/C22H21N3O4S/c1-3-10-28-20(27)12-25-17-11-15(7-8-18(17)29-13-19(25)26)21-14(2)30-22(24-21)16-6-4-5-9-23-16/h4-9,11H,3,10,12-13H2,1-2H3. The number of carbonyl (C=O) groups excluding carboxylic acids is 2. The summed E-state index contributed by atoms with van der Waals surface area (Å²) in [5.74, 6) is -0.164. The normalized spacial score (nSPS) is 13.0. The Hall–Kier alpha value is -3.26. The van der Waals surface area contributed by atoms with Gasteiger partial charge in [0.25, 0.3) is 5.91 Å². The number of rotatable bonds is 6. The van der Waals surface area contributed by atoms with E-state index >= 15 is 0 Å². The Morgan fingerprint density at radius 2 is 2.17 bits per heavy atom. The minimum atomic E-state index is -0.439. The molecular weight excluding hydrogens is 402 g/mol. The van der Waals surface area contributed by atoms with Crippen molar-refractivity contribution in [2.24, 2.45) is 0 Å². The van der Waals surface area contributed by atoms with Crippen LogP contribution in [-0.4, -0.2) is 41.6 Å². The third kappa shape index (κ3) is 4.04. The van der Waals surface area contributed by atoms with Gasteiger partial charge in [0, 0.05) is 16.6 Å². The van der Waals surface area contributed by atoms with E-state index in [0.717, 1.165) is 33.3 Å². The third-order valence-electron chi connectivity index (χ3n) is 4.61. The largest absolute Gasteiger partial charge is 0.482 e. The Balaban J connectivity index is 1.67. The number of amides is 1. The van der Waals surface area contributed by atoms with E-state index in [9.17, 15) is 9.59 Å². The molecule has 3 heterocycles. The highest BCUT2D eigenvalue weighted by molar-refractivity contribution is 7.15. The first-order valence-corrected chi connectivity index (χ1v) is 10.5. The third-order valence-corrected chi connectivity index (χ3v) is 5.60. The molecule has 3 aromatic rings. The summed E-state index contributed by atoms with van der Waals surface area (Å²) in [6.45, 7) is 4.00. The van der Waals surface area contributed by atoms with Gasteiger partial charge in [0.05, 0.1) is 23.7 Å². The highest BCUT2D eigenvalue weighted by Gasteiger charge is 2.28. The van der Waals surface area contributed by atoms with Crippen LogP contribution >= 0.6 is 11.3 Å². The molecule has 0 aliphatic carbocycles. The zero-order chi connectivity index (χ0) is 21.1. The number of nitrogens with zero attached hydrogens (tertiary/aromatic N) is 3. The van der Waals surface area contributed by atoms with Crippen molar-refractivity contribution in [3.8, 4) is 27.7 Å². The molecule has 0 radical (unpaired) electrons. The number of benzene rings is 1. The van der Waals surface area contributed by atoms with E-state index in [0.29, 0.717) is 18.0 Å². The zero-order valence-electron chi connectivity index (χ0n) is 16.8. The molecule has 0 bridgehead atoms. The molecule has 154 valence electrons. The van der Waals surface area contributed by atoms with Gasteiger partial charge in [-0.25, -0.2) is 4.98 Å². The molecular formula is C22H21N3O4S. The molecule has 0 spiro atoms. The number of ether oxygens (including phenoxy) is 2. The highest BCUT2D eigenvalue weighted by atomic mass is 32.1. The van der Waals surface area contributed by atoms with Gasteiger partial charge in [-0.1, -0.05) is 13.0 Å². The van der Waals surface area contributed by atoms with E-state index in [4.69, 9.17) is 14.5 Å². The van der Waals surface area contributed by atoms with Crippen LogP contribution in [0.2, 0.25) is 0 Å². The van der Waals surface area contributed by atoms with E-state index in [1.54, 1.807) is 23.6 Å². The predicted molar refractivity (Wildman–Crippen MR) is 115 cm³/mol. The summed E-state index contributed by atoms with van der Waals surface area (Å²) in [4.78, 5) is 36.1. The van der Waals surface area contributed by atoms with Gasteiger partial charge < -0.3 is 9.47 Å². The zero-order valence-corrected chi connectivity index (χ0v) is 17.6. The topological polar surface area (TPSA) is 81.6 Å². The molecule has 8 heteroatoms. The molecule has 4 rings (SSSR count). The Kier molecular flexibility index (Phi) is 5.76. The summed E-state index contributed by atoms with van der Waals surface area (Å²) < 4.78 is 10.7. The second-order valence-corrected chi connectivity index (χ2v) is 8.01. The summed E-state index contributed by atoms with van der Waals surface area (Å²) in [7, 11) is 0. The SMILES string of the molecule is CCCOC(=O)CN1C(=O)COc2ccc(-c3nc(-c4ccccn4)sc3C)cc21. The van der Waals surface area contributed by atoms with Crippen LogP contribution in [0.1, 0.15) is 18.2 Å². The molecule has 1 aliphatic heterocycles. The van der Waals surface area contributed by atoms with Gasteiger partial charge in [-0.05, 0) is 43.7 Å². The highest BCUT2D eigenvalue weighted by Crippen LogP contribution is 2.38. The minimum Gasteiger partial charge on any atom is -0.482 e. The van der Waals surface area contributed by atoms with Crippen molar-refractivity contribution in [2.45, 2.75) is 20.3 Å². The van der Waals surface area contributed by atoms with Gasteiger partial charge >= 0.3 is 5.97 Å². The van der Waals surface area contributed by atoms with Crippen LogP contribution in [0.25, 0.3) is 22.0 Å². The van der Waals surface area contributed by atoms with E-state index in [2.05, 4.69) is 4.98 Å². The van der Waals surface area contributed by atoms with Crippen LogP contribution in [-0.2, 0) is 14.3 Å². The van der Waals surface area contributed by atoms with Crippen LogP contribution in [0.15, 0.2) is 42.6 Å². The van der Waals surface area contributed by atoms with Gasteiger partial charge in [0.2, 0.25) is 0 Å². The lowest BCUT2D eigenvalue weighted by Crippen LogP contribution is -2.42. The average molecular weight is 423 g/mol. The van der Waals surface area contributed by atoms with Crippen LogP contribution in [0, 0.1) is 6.92 Å². The van der Waals surface area contributed by atoms with Crippen molar-refractivity contribution >= 4 is 28.9 Å². The first-order valence-electron chi connectivity index (χ1n) is 9.69. The summed E-state index contributed by atoms with van der Waals surface area (Å²) >= 11 is 1.56. The van der Waals surface area contributed by atoms with E-state index in [1.165, 1.54) is 4.90 Å². The van der Waals surface area contributed by atoms with Crippen molar-refractivity contribution in [2.75, 3.05) is 24.7 Å². The number of thiazole rings is 1. The Bertz CT molecular complexity index is 1080. The minimum absolute atomic E-state index is 0.104. The first-order chi connectivity index (χ1) is 14.6. The number of hydrogen-bond donors (Lipinski definition) is 0. The van der Waals surface area contributed by atoms with Crippen molar-refractivity contribution < 1.29 is 19.1 Å². The summed E-state index contributed by atoms with van der Waals surface area (Å²) in [6.07, 6.45) is 2.47. The van der Waals surface area contributed by atoms with Crippen molar-refractivity contribution in [1.82, 2.24) is 9.97 Å². The second-order valence-electron chi connectivity index (χ2n) is 6.81. The second kappa shape index (κ2) is 8.62. The number of pyridine rings is 1. The lowest BCUT2D eigenvalue weighted by molar-refractivity contribution is -0.143.